The minimum atomic E-state index is -0.121. The number of hydrogen-bond acceptors (Lipinski definition) is 2. The predicted molar refractivity (Wildman–Crippen MR) is 91.9 cm³/mol. The van der Waals surface area contributed by atoms with E-state index in [0.717, 1.165) is 30.6 Å². The van der Waals surface area contributed by atoms with Gasteiger partial charge < -0.3 is 10.2 Å². The molecule has 118 valence electrons. The van der Waals surface area contributed by atoms with Gasteiger partial charge in [0.1, 0.15) is 0 Å². The molecule has 0 radical (unpaired) electrons. The van der Waals surface area contributed by atoms with Crippen LogP contribution in [0, 0.1) is 6.92 Å². The Bertz CT molecular complexity index is 750. The highest BCUT2D eigenvalue weighted by molar-refractivity contribution is 6.07. The number of carbonyl (C=O) groups is 2. The Balaban J connectivity index is 1.89. The fraction of sp³-hybridized carbons (Fsp3) is 0.263. The Hall–Kier alpha value is -2.62. The SMILES string of the molecule is CC(=O)Nc1ccc(C(=O)N2CCCc3cccc(C)c32)cc1. The molecule has 0 saturated heterocycles. The number of para-hydroxylation sites is 1. The van der Waals surface area contributed by atoms with Gasteiger partial charge in [0.15, 0.2) is 0 Å². The van der Waals surface area contributed by atoms with Gasteiger partial charge in [-0.25, -0.2) is 0 Å². The number of carbonyl (C=O) groups excluding carboxylic acids is 2. The number of hydrogen-bond donors (Lipinski definition) is 1. The zero-order valence-corrected chi connectivity index (χ0v) is 13.4. The topological polar surface area (TPSA) is 49.4 Å². The lowest BCUT2D eigenvalue weighted by molar-refractivity contribution is -0.114. The molecule has 0 atom stereocenters. The smallest absolute Gasteiger partial charge is 0.258 e. The van der Waals surface area contributed by atoms with Crippen LogP contribution in [0.25, 0.3) is 0 Å². The summed E-state index contributed by atoms with van der Waals surface area (Å²) in [5.41, 5.74) is 4.75. The first-order valence-electron chi connectivity index (χ1n) is 7.84. The fourth-order valence-electron chi connectivity index (χ4n) is 3.11. The van der Waals surface area contributed by atoms with Crippen molar-refractivity contribution in [3.63, 3.8) is 0 Å². The molecule has 4 heteroatoms. The number of nitrogens with one attached hydrogen (secondary N) is 1. The molecule has 1 heterocycles. The van der Waals surface area contributed by atoms with Crippen molar-refractivity contribution in [2.75, 3.05) is 16.8 Å². The van der Waals surface area contributed by atoms with Crippen LogP contribution in [0.3, 0.4) is 0 Å². The van der Waals surface area contributed by atoms with E-state index in [4.69, 9.17) is 0 Å². The van der Waals surface area contributed by atoms with Crippen molar-refractivity contribution in [3.05, 3.63) is 59.2 Å². The summed E-state index contributed by atoms with van der Waals surface area (Å²) >= 11 is 0. The van der Waals surface area contributed by atoms with Crippen molar-refractivity contribution in [3.8, 4) is 0 Å². The Kier molecular flexibility index (Phi) is 4.15. The molecule has 2 aromatic rings. The van der Waals surface area contributed by atoms with Crippen LogP contribution in [0.2, 0.25) is 0 Å². The molecule has 1 N–H and O–H groups in total. The monoisotopic (exact) mass is 308 g/mol. The average Bonchev–Trinajstić information content (AvgIpc) is 2.54. The second-order valence-electron chi connectivity index (χ2n) is 5.90. The van der Waals surface area contributed by atoms with Crippen molar-refractivity contribution in [1.82, 2.24) is 0 Å². The summed E-state index contributed by atoms with van der Waals surface area (Å²) in [6, 6.07) is 13.2. The van der Waals surface area contributed by atoms with Crippen LogP contribution in [0.5, 0.6) is 0 Å². The molecule has 0 saturated carbocycles. The Labute approximate surface area is 136 Å². The third-order valence-corrected chi connectivity index (χ3v) is 4.12. The van der Waals surface area contributed by atoms with Crippen molar-refractivity contribution in [2.24, 2.45) is 0 Å². The predicted octanol–water partition coefficient (Wildman–Crippen LogP) is 3.55. The second-order valence-corrected chi connectivity index (χ2v) is 5.90. The van der Waals surface area contributed by atoms with E-state index in [1.165, 1.54) is 12.5 Å². The van der Waals surface area contributed by atoms with E-state index in [-0.39, 0.29) is 11.8 Å². The summed E-state index contributed by atoms with van der Waals surface area (Å²) in [4.78, 5) is 25.8. The fourth-order valence-corrected chi connectivity index (χ4v) is 3.11. The van der Waals surface area contributed by atoms with Crippen LogP contribution < -0.4 is 10.2 Å². The summed E-state index contributed by atoms with van der Waals surface area (Å²) in [6.45, 7) is 4.25. The van der Waals surface area contributed by atoms with Gasteiger partial charge in [0.25, 0.3) is 5.91 Å². The third kappa shape index (κ3) is 3.11. The van der Waals surface area contributed by atoms with E-state index >= 15 is 0 Å². The van der Waals surface area contributed by atoms with E-state index in [9.17, 15) is 9.59 Å². The lowest BCUT2D eigenvalue weighted by Gasteiger charge is -2.31. The summed E-state index contributed by atoms with van der Waals surface area (Å²) in [7, 11) is 0. The lowest BCUT2D eigenvalue weighted by atomic mass is 9.97. The molecular formula is C19H20N2O2. The van der Waals surface area contributed by atoms with Crippen molar-refractivity contribution in [1.29, 1.82) is 0 Å². The zero-order chi connectivity index (χ0) is 16.4. The Morgan fingerprint density at radius 3 is 2.52 bits per heavy atom. The molecule has 0 spiro atoms. The van der Waals surface area contributed by atoms with Crippen LogP contribution in [0.1, 0.15) is 34.8 Å². The maximum atomic E-state index is 12.9. The van der Waals surface area contributed by atoms with Crippen molar-refractivity contribution < 1.29 is 9.59 Å². The Morgan fingerprint density at radius 1 is 1.09 bits per heavy atom. The second kappa shape index (κ2) is 6.24. The average molecular weight is 308 g/mol. The molecule has 23 heavy (non-hydrogen) atoms. The van der Waals surface area contributed by atoms with E-state index in [0.29, 0.717) is 11.3 Å². The Morgan fingerprint density at radius 2 is 1.83 bits per heavy atom. The minimum absolute atomic E-state index is 0.00891. The number of amides is 2. The molecule has 4 nitrogen and oxygen atoms in total. The summed E-state index contributed by atoms with van der Waals surface area (Å²) in [5.74, 6) is -0.112. The van der Waals surface area contributed by atoms with Crippen LogP contribution in [-0.4, -0.2) is 18.4 Å². The maximum absolute atomic E-state index is 12.9. The van der Waals surface area contributed by atoms with Gasteiger partial charge in [-0.1, -0.05) is 18.2 Å². The summed E-state index contributed by atoms with van der Waals surface area (Å²) in [6.07, 6.45) is 1.99. The summed E-state index contributed by atoms with van der Waals surface area (Å²) in [5, 5.41) is 2.71. The molecule has 0 fully saturated rings. The zero-order valence-electron chi connectivity index (χ0n) is 13.4. The van der Waals surface area contributed by atoms with Gasteiger partial charge in [-0.2, -0.15) is 0 Å². The third-order valence-electron chi connectivity index (χ3n) is 4.12. The molecule has 1 aliphatic heterocycles. The van der Waals surface area contributed by atoms with Gasteiger partial charge in [0.05, 0.1) is 5.69 Å². The number of aryl methyl sites for hydroxylation is 2. The first kappa shape index (κ1) is 15.3. The van der Waals surface area contributed by atoms with Crippen molar-refractivity contribution in [2.45, 2.75) is 26.7 Å². The first-order chi connectivity index (χ1) is 11.1. The highest BCUT2D eigenvalue weighted by Gasteiger charge is 2.24. The molecule has 3 rings (SSSR count). The summed E-state index contributed by atoms with van der Waals surface area (Å²) < 4.78 is 0. The molecule has 0 bridgehead atoms. The standard InChI is InChI=1S/C19H20N2O2/c1-13-5-3-6-15-7-4-12-21(18(13)15)19(23)16-8-10-17(11-9-16)20-14(2)22/h3,5-6,8-11H,4,7,12H2,1-2H3,(H,20,22). The molecular weight excluding hydrogens is 288 g/mol. The highest BCUT2D eigenvalue weighted by atomic mass is 16.2. The van der Waals surface area contributed by atoms with Gasteiger partial charge in [-0.3, -0.25) is 9.59 Å². The van der Waals surface area contributed by atoms with E-state index in [1.807, 2.05) is 24.0 Å². The van der Waals surface area contributed by atoms with Gasteiger partial charge in [0.2, 0.25) is 5.91 Å². The lowest BCUT2D eigenvalue weighted by Crippen LogP contribution is -2.36. The first-order valence-corrected chi connectivity index (χ1v) is 7.84. The number of nitrogens with zero attached hydrogens (tertiary/aromatic N) is 1. The number of rotatable bonds is 2. The number of benzene rings is 2. The van der Waals surface area contributed by atoms with E-state index in [1.54, 1.807) is 24.3 Å². The van der Waals surface area contributed by atoms with Gasteiger partial charge in [-0.05, 0) is 55.2 Å². The normalized spacial score (nSPS) is 13.4. The number of anilines is 2. The molecule has 2 aromatic carbocycles. The molecule has 1 aliphatic rings. The highest BCUT2D eigenvalue weighted by Crippen LogP contribution is 2.31. The van der Waals surface area contributed by atoms with Gasteiger partial charge in [-0.15, -0.1) is 0 Å². The van der Waals surface area contributed by atoms with Crippen LogP contribution in [0.15, 0.2) is 42.5 Å². The van der Waals surface area contributed by atoms with Gasteiger partial charge in [0, 0.05) is 24.7 Å². The largest absolute Gasteiger partial charge is 0.326 e. The minimum Gasteiger partial charge on any atom is -0.326 e. The molecule has 2 amide bonds. The van der Waals surface area contributed by atoms with Crippen LogP contribution in [0.4, 0.5) is 11.4 Å². The van der Waals surface area contributed by atoms with Crippen LogP contribution in [-0.2, 0) is 11.2 Å². The molecule has 0 unspecified atom stereocenters. The number of fused-ring (bicyclic) bond motifs is 1. The van der Waals surface area contributed by atoms with E-state index < -0.39 is 0 Å². The molecule has 0 aliphatic carbocycles. The maximum Gasteiger partial charge on any atom is 0.258 e. The molecule has 0 aromatic heterocycles. The van der Waals surface area contributed by atoms with Crippen molar-refractivity contribution >= 4 is 23.2 Å². The van der Waals surface area contributed by atoms with E-state index in [2.05, 4.69) is 11.4 Å². The quantitative estimate of drug-likeness (QED) is 0.922. The van der Waals surface area contributed by atoms with Crippen LogP contribution >= 0.6 is 0 Å². The van der Waals surface area contributed by atoms with Gasteiger partial charge >= 0.3 is 0 Å².